The predicted octanol–water partition coefficient (Wildman–Crippen LogP) is 5.45. The maximum absolute atomic E-state index is 13.5. The van der Waals surface area contributed by atoms with Crippen LogP contribution in [0.2, 0.25) is 0 Å². The van der Waals surface area contributed by atoms with Crippen LogP contribution in [0.15, 0.2) is 59.5 Å². The number of hydrogen-bond acceptors (Lipinski definition) is 5. The van der Waals surface area contributed by atoms with Crippen molar-refractivity contribution in [1.29, 1.82) is 0 Å². The number of H-pyrrole nitrogens is 1. The van der Waals surface area contributed by atoms with Crippen LogP contribution >= 0.6 is 0 Å². The van der Waals surface area contributed by atoms with Gasteiger partial charge in [0.25, 0.3) is 0 Å². The Morgan fingerprint density at radius 1 is 1.00 bits per heavy atom. The molecule has 2 aromatic heterocycles. The Bertz CT molecular complexity index is 1420. The highest BCUT2D eigenvalue weighted by molar-refractivity contribution is 5.80. The lowest BCUT2D eigenvalue weighted by Crippen LogP contribution is -2.31. The van der Waals surface area contributed by atoms with E-state index in [-0.39, 0.29) is 17.0 Å². The normalized spacial score (nSPS) is 14.7. The maximum Gasteiger partial charge on any atom is 0.335 e. The molecule has 37 heavy (non-hydrogen) atoms. The van der Waals surface area contributed by atoms with Crippen LogP contribution in [0.3, 0.4) is 0 Å². The summed E-state index contributed by atoms with van der Waals surface area (Å²) < 4.78 is 3.10. The van der Waals surface area contributed by atoms with Crippen molar-refractivity contribution in [3.63, 3.8) is 0 Å². The number of nitrogens with one attached hydrogen (secondary N) is 1. The third kappa shape index (κ3) is 5.33. The van der Waals surface area contributed by atoms with E-state index in [2.05, 4.69) is 41.4 Å². The quantitative estimate of drug-likeness (QED) is 0.381. The van der Waals surface area contributed by atoms with E-state index < -0.39 is 0 Å². The number of benzene rings is 2. The summed E-state index contributed by atoms with van der Waals surface area (Å²) in [6.45, 7) is 6.63. The molecule has 2 heterocycles. The lowest BCUT2D eigenvalue weighted by Gasteiger charge is -2.20. The van der Waals surface area contributed by atoms with Crippen molar-refractivity contribution in [2.45, 2.75) is 71.3 Å². The van der Waals surface area contributed by atoms with Gasteiger partial charge in [-0.05, 0) is 45.9 Å². The van der Waals surface area contributed by atoms with Gasteiger partial charge in [0.15, 0.2) is 5.82 Å². The number of hydrogen-bond donors (Lipinski definition) is 1. The van der Waals surface area contributed by atoms with Crippen LogP contribution in [0.25, 0.3) is 22.5 Å². The molecular formula is C29H34N6O2. The molecule has 1 saturated carbocycles. The van der Waals surface area contributed by atoms with Gasteiger partial charge in [0.1, 0.15) is 0 Å². The molecular weight excluding hydrogens is 464 g/mol. The molecule has 0 spiro atoms. The average Bonchev–Trinajstić information content (AvgIpc) is 3.54. The third-order valence-corrected chi connectivity index (χ3v) is 7.34. The van der Waals surface area contributed by atoms with Gasteiger partial charge in [0, 0.05) is 29.3 Å². The summed E-state index contributed by atoms with van der Waals surface area (Å²) >= 11 is 0. The number of carbonyl (C=O) groups excluding carboxylic acids is 1. The van der Waals surface area contributed by atoms with Crippen molar-refractivity contribution in [2.24, 2.45) is 5.92 Å². The molecule has 8 heteroatoms. The van der Waals surface area contributed by atoms with E-state index in [1.165, 1.54) is 23.8 Å². The molecule has 0 bridgehead atoms. The van der Waals surface area contributed by atoms with Gasteiger partial charge in [0.2, 0.25) is 5.91 Å². The van der Waals surface area contributed by atoms with E-state index in [0.29, 0.717) is 24.7 Å². The number of rotatable bonds is 6. The molecule has 0 saturated heterocycles. The Morgan fingerprint density at radius 2 is 1.70 bits per heavy atom. The predicted molar refractivity (Wildman–Crippen MR) is 143 cm³/mol. The summed E-state index contributed by atoms with van der Waals surface area (Å²) in [6, 6.07) is 16.1. The SMILES string of the molecule is CC(C)(C)c1cn(C(=O)CC2CCCCC2)c(=O)n1Cc1ccc(-c2ccccc2-c2nnn[nH]2)cc1. The van der Waals surface area contributed by atoms with Crippen LogP contribution in [0, 0.1) is 5.92 Å². The standard InChI is InChI=1S/C29H34N6O2/c1-29(2,3)25-19-35(26(36)17-20-9-5-4-6-10-20)28(37)34(25)18-21-13-15-22(16-14-21)23-11-7-8-12-24(23)27-30-32-33-31-27/h7-8,11-16,19-20H,4-6,9-10,17-18H2,1-3H3,(H,30,31,32,33). The fourth-order valence-electron chi connectivity index (χ4n) is 5.33. The minimum atomic E-state index is -0.278. The van der Waals surface area contributed by atoms with Gasteiger partial charge >= 0.3 is 5.69 Å². The first-order valence-electron chi connectivity index (χ1n) is 13.1. The number of aromatic nitrogens is 6. The Balaban J connectivity index is 1.42. The molecule has 0 atom stereocenters. The number of imidazole rings is 1. The van der Waals surface area contributed by atoms with Crippen LogP contribution in [0.1, 0.15) is 75.3 Å². The van der Waals surface area contributed by atoms with Gasteiger partial charge in [-0.25, -0.2) is 14.5 Å². The minimum absolute atomic E-state index is 0.0880. The molecule has 0 radical (unpaired) electrons. The van der Waals surface area contributed by atoms with Gasteiger partial charge in [0.05, 0.1) is 6.54 Å². The van der Waals surface area contributed by atoms with Crippen LogP contribution in [0.4, 0.5) is 0 Å². The first-order valence-corrected chi connectivity index (χ1v) is 13.1. The number of carbonyl (C=O) groups is 1. The molecule has 192 valence electrons. The van der Waals surface area contributed by atoms with E-state index in [9.17, 15) is 9.59 Å². The second-order valence-corrected chi connectivity index (χ2v) is 11.1. The van der Waals surface area contributed by atoms with Crippen molar-refractivity contribution >= 4 is 5.91 Å². The van der Waals surface area contributed by atoms with Crippen molar-refractivity contribution in [3.05, 3.63) is 76.5 Å². The molecule has 1 aliphatic rings. The molecule has 0 aliphatic heterocycles. The summed E-state index contributed by atoms with van der Waals surface area (Å²) in [4.78, 5) is 26.6. The van der Waals surface area contributed by atoms with Crippen LogP contribution in [-0.2, 0) is 12.0 Å². The Kier molecular flexibility index (Phi) is 6.91. The Labute approximate surface area is 216 Å². The van der Waals surface area contributed by atoms with Crippen molar-refractivity contribution < 1.29 is 4.79 Å². The molecule has 1 aliphatic carbocycles. The number of aromatic amines is 1. The van der Waals surface area contributed by atoms with Gasteiger partial charge < -0.3 is 0 Å². The molecule has 0 amide bonds. The van der Waals surface area contributed by atoms with E-state index >= 15 is 0 Å². The highest BCUT2D eigenvalue weighted by atomic mass is 16.2. The molecule has 4 aromatic rings. The van der Waals surface area contributed by atoms with Crippen molar-refractivity contribution in [3.8, 4) is 22.5 Å². The molecule has 8 nitrogen and oxygen atoms in total. The fraction of sp³-hybridized carbons (Fsp3) is 0.414. The van der Waals surface area contributed by atoms with E-state index in [1.807, 2.05) is 48.5 Å². The highest BCUT2D eigenvalue weighted by Gasteiger charge is 2.26. The first-order chi connectivity index (χ1) is 17.8. The van der Waals surface area contributed by atoms with Crippen molar-refractivity contribution in [2.75, 3.05) is 0 Å². The van der Waals surface area contributed by atoms with E-state index in [0.717, 1.165) is 40.8 Å². The minimum Gasteiger partial charge on any atom is -0.291 e. The van der Waals surface area contributed by atoms with Gasteiger partial charge in [-0.2, -0.15) is 0 Å². The second-order valence-electron chi connectivity index (χ2n) is 11.1. The lowest BCUT2D eigenvalue weighted by molar-refractivity contribution is 0.0863. The van der Waals surface area contributed by atoms with Crippen LogP contribution in [0.5, 0.6) is 0 Å². The smallest absolute Gasteiger partial charge is 0.291 e. The summed E-state index contributed by atoms with van der Waals surface area (Å²) in [7, 11) is 0. The Hall–Kier alpha value is -3.81. The first kappa shape index (κ1) is 24.9. The third-order valence-electron chi connectivity index (χ3n) is 7.34. The highest BCUT2D eigenvalue weighted by Crippen LogP contribution is 2.30. The maximum atomic E-state index is 13.5. The lowest BCUT2D eigenvalue weighted by atomic mass is 9.87. The zero-order valence-corrected chi connectivity index (χ0v) is 21.8. The second kappa shape index (κ2) is 10.3. The average molecular weight is 499 g/mol. The fourth-order valence-corrected chi connectivity index (χ4v) is 5.33. The van der Waals surface area contributed by atoms with E-state index in [1.54, 1.807) is 10.8 Å². The molecule has 5 rings (SSSR count). The molecule has 1 fully saturated rings. The summed E-state index contributed by atoms with van der Waals surface area (Å²) in [5, 5.41) is 14.3. The van der Waals surface area contributed by atoms with Crippen molar-refractivity contribution in [1.82, 2.24) is 29.8 Å². The number of tetrazole rings is 1. The Morgan fingerprint density at radius 3 is 2.35 bits per heavy atom. The van der Waals surface area contributed by atoms with Gasteiger partial charge in [-0.3, -0.25) is 9.36 Å². The zero-order chi connectivity index (χ0) is 26.0. The van der Waals surface area contributed by atoms with Gasteiger partial charge in [-0.1, -0.05) is 88.6 Å². The zero-order valence-electron chi connectivity index (χ0n) is 21.8. The van der Waals surface area contributed by atoms with Crippen LogP contribution < -0.4 is 5.69 Å². The van der Waals surface area contributed by atoms with Crippen LogP contribution in [-0.4, -0.2) is 35.7 Å². The van der Waals surface area contributed by atoms with Gasteiger partial charge in [-0.15, -0.1) is 5.10 Å². The number of nitrogens with zero attached hydrogens (tertiary/aromatic N) is 5. The molecule has 1 N–H and O–H groups in total. The largest absolute Gasteiger partial charge is 0.335 e. The molecule has 0 unspecified atom stereocenters. The van der Waals surface area contributed by atoms with E-state index in [4.69, 9.17) is 0 Å². The summed E-state index contributed by atoms with van der Waals surface area (Å²) in [5.41, 5.74) is 4.28. The topological polar surface area (TPSA) is 98.5 Å². The summed E-state index contributed by atoms with van der Waals surface area (Å²) in [5.74, 6) is 0.910. The molecule has 2 aromatic carbocycles. The summed E-state index contributed by atoms with van der Waals surface area (Å²) in [6.07, 6.45) is 7.97. The monoisotopic (exact) mass is 498 g/mol.